The van der Waals surface area contributed by atoms with Gasteiger partial charge in [-0.15, -0.1) is 0 Å². The van der Waals surface area contributed by atoms with Gasteiger partial charge in [-0.05, 0) is 31.2 Å². The van der Waals surface area contributed by atoms with E-state index in [0.717, 1.165) is 11.3 Å². The number of benzene rings is 1. The van der Waals surface area contributed by atoms with Gasteiger partial charge in [-0.1, -0.05) is 22.9 Å². The Morgan fingerprint density at radius 1 is 1.48 bits per heavy atom. The smallest absolute Gasteiger partial charge is 0.349 e. The summed E-state index contributed by atoms with van der Waals surface area (Å²) in [7, 11) is 0. The van der Waals surface area contributed by atoms with Crippen LogP contribution in [0.25, 0.3) is 11.0 Å². The van der Waals surface area contributed by atoms with Crippen LogP contribution in [0.4, 0.5) is 5.13 Å². The van der Waals surface area contributed by atoms with Crippen LogP contribution < -0.4 is 10.9 Å². The van der Waals surface area contributed by atoms with Crippen molar-refractivity contribution in [3.63, 3.8) is 0 Å². The van der Waals surface area contributed by atoms with Gasteiger partial charge >= 0.3 is 5.63 Å². The molecule has 2 aromatic heterocycles. The largest absolute Gasteiger partial charge is 0.422 e. The van der Waals surface area contributed by atoms with Crippen LogP contribution in [0.2, 0.25) is 5.02 Å². The van der Waals surface area contributed by atoms with E-state index in [-0.39, 0.29) is 10.7 Å². The molecule has 0 bridgehead atoms. The summed E-state index contributed by atoms with van der Waals surface area (Å²) in [4.78, 5) is 28.8. The molecule has 2 heterocycles. The Balaban J connectivity index is 1.85. The highest BCUT2D eigenvalue weighted by Crippen LogP contribution is 2.25. The maximum Gasteiger partial charge on any atom is 0.349 e. The quantitative estimate of drug-likeness (QED) is 0.520. The van der Waals surface area contributed by atoms with E-state index in [0.29, 0.717) is 27.5 Å². The number of carbonyl (C=O) groups is 1. The fourth-order valence-electron chi connectivity index (χ4n) is 2.12. The van der Waals surface area contributed by atoms with Crippen LogP contribution in [0.3, 0.4) is 0 Å². The van der Waals surface area contributed by atoms with E-state index in [1.807, 2.05) is 0 Å². The van der Waals surface area contributed by atoms with Crippen molar-refractivity contribution in [3.8, 4) is 0 Å². The highest BCUT2D eigenvalue weighted by Gasteiger charge is 2.17. The average Bonchev–Trinajstić information content (AvgIpc) is 3.03. The highest BCUT2D eigenvalue weighted by molar-refractivity contribution is 7.15. The Morgan fingerprint density at radius 2 is 2.28 bits per heavy atom. The minimum Gasteiger partial charge on any atom is -0.422 e. The number of amides is 1. The average molecular weight is 381 g/mol. The van der Waals surface area contributed by atoms with E-state index in [1.165, 1.54) is 12.3 Å². The lowest BCUT2D eigenvalue weighted by atomic mass is 10.2. The number of ether oxygens (including phenoxy) is 1. The van der Waals surface area contributed by atoms with Crippen molar-refractivity contribution in [3.05, 3.63) is 56.3 Å². The van der Waals surface area contributed by atoms with Crippen molar-refractivity contribution in [2.75, 3.05) is 11.9 Å². The third-order valence-corrected chi connectivity index (χ3v) is 4.43. The summed E-state index contributed by atoms with van der Waals surface area (Å²) in [5, 5.41) is 13.5. The predicted octanol–water partition coefficient (Wildman–Crippen LogP) is 3.18. The topological polar surface area (TPSA) is 102 Å². The molecular formula is C16H13ClN2O5S. The van der Waals surface area contributed by atoms with Crippen molar-refractivity contribution < 1.29 is 19.1 Å². The molecule has 0 saturated carbocycles. The molecule has 25 heavy (non-hydrogen) atoms. The molecule has 3 aromatic rings. The fourth-order valence-corrected chi connectivity index (χ4v) is 3.04. The first-order valence-electron chi connectivity index (χ1n) is 7.28. The summed E-state index contributed by atoms with van der Waals surface area (Å²) < 4.78 is 10.2. The molecule has 0 aliphatic heterocycles. The predicted molar refractivity (Wildman–Crippen MR) is 94.1 cm³/mol. The third-order valence-electron chi connectivity index (χ3n) is 3.25. The molecule has 3 rings (SSSR count). The number of fused-ring (bicyclic) bond motifs is 1. The molecule has 1 amide bonds. The normalized spacial score (nSPS) is 12.3. The second-order valence-corrected chi connectivity index (χ2v) is 6.46. The molecule has 7 nitrogen and oxygen atoms in total. The number of halogens is 1. The van der Waals surface area contributed by atoms with Crippen LogP contribution in [0, 0.1) is 0 Å². The molecule has 0 saturated heterocycles. The molecule has 0 radical (unpaired) electrons. The van der Waals surface area contributed by atoms with Crippen LogP contribution in [0.15, 0.2) is 39.7 Å². The first kappa shape index (κ1) is 17.6. The number of anilines is 1. The van der Waals surface area contributed by atoms with Gasteiger partial charge in [0.25, 0.3) is 5.91 Å². The zero-order valence-corrected chi connectivity index (χ0v) is 14.6. The number of aliphatic hydroxyl groups excluding tert-OH is 1. The molecule has 1 aromatic carbocycles. The second kappa shape index (κ2) is 7.32. The number of hydrogen-bond donors (Lipinski definition) is 2. The number of carbonyl (C=O) groups excluding carboxylic acids is 1. The molecule has 9 heteroatoms. The van der Waals surface area contributed by atoms with Gasteiger partial charge in [0.15, 0.2) is 11.4 Å². The van der Waals surface area contributed by atoms with E-state index in [1.54, 1.807) is 25.1 Å². The van der Waals surface area contributed by atoms with E-state index in [4.69, 9.17) is 20.8 Å². The summed E-state index contributed by atoms with van der Waals surface area (Å²) >= 11 is 6.96. The molecule has 0 aliphatic rings. The maximum atomic E-state index is 12.3. The summed E-state index contributed by atoms with van der Waals surface area (Å²) in [6.45, 7) is 2.08. The molecule has 0 fully saturated rings. The van der Waals surface area contributed by atoms with Crippen LogP contribution in [-0.2, 0) is 4.74 Å². The van der Waals surface area contributed by atoms with Crippen LogP contribution >= 0.6 is 22.9 Å². The van der Waals surface area contributed by atoms with Gasteiger partial charge in [-0.3, -0.25) is 10.1 Å². The van der Waals surface area contributed by atoms with E-state index >= 15 is 0 Å². The first-order valence-corrected chi connectivity index (χ1v) is 8.47. The number of thiazole rings is 1. The molecule has 0 aliphatic carbocycles. The minimum absolute atomic E-state index is 0.170. The lowest BCUT2D eigenvalue weighted by Crippen LogP contribution is -2.20. The monoisotopic (exact) mass is 380 g/mol. The van der Waals surface area contributed by atoms with Crippen molar-refractivity contribution in [2.24, 2.45) is 0 Å². The number of hydrogen-bond acceptors (Lipinski definition) is 7. The fraction of sp³-hybridized carbons (Fsp3) is 0.188. The molecule has 1 atom stereocenters. The number of nitrogens with one attached hydrogen (secondary N) is 1. The number of aliphatic hydroxyl groups is 1. The molecule has 2 N–H and O–H groups in total. The van der Waals surface area contributed by atoms with Gasteiger partial charge in [0.05, 0.1) is 4.88 Å². The van der Waals surface area contributed by atoms with Crippen molar-refractivity contribution >= 4 is 44.9 Å². The summed E-state index contributed by atoms with van der Waals surface area (Å²) in [5.74, 6) is -0.664. The number of nitrogens with zero attached hydrogens (tertiary/aromatic N) is 1. The molecular weight excluding hydrogens is 368 g/mol. The highest BCUT2D eigenvalue weighted by atomic mass is 35.5. The Morgan fingerprint density at radius 3 is 3.04 bits per heavy atom. The van der Waals surface area contributed by atoms with Crippen molar-refractivity contribution in [2.45, 2.75) is 13.2 Å². The number of rotatable bonds is 5. The Hall–Kier alpha value is -2.26. The van der Waals surface area contributed by atoms with Crippen LogP contribution in [0.5, 0.6) is 0 Å². The van der Waals surface area contributed by atoms with E-state index < -0.39 is 17.8 Å². The molecule has 0 spiro atoms. The first-order chi connectivity index (χ1) is 12.0. The van der Waals surface area contributed by atoms with Gasteiger partial charge in [0, 0.05) is 23.2 Å². The SMILES string of the molecule is CCOC(O)c1cnc(NC(=O)c2cc3cc(Cl)ccc3oc2=O)s1. The van der Waals surface area contributed by atoms with Gasteiger partial charge in [-0.25, -0.2) is 9.78 Å². The summed E-state index contributed by atoms with van der Waals surface area (Å²) in [5.41, 5.74) is -0.599. The van der Waals surface area contributed by atoms with Crippen LogP contribution in [0.1, 0.15) is 28.4 Å². The van der Waals surface area contributed by atoms with Crippen molar-refractivity contribution in [1.29, 1.82) is 0 Å². The molecule has 130 valence electrons. The van der Waals surface area contributed by atoms with Gasteiger partial charge in [0.1, 0.15) is 11.1 Å². The lowest BCUT2D eigenvalue weighted by Gasteiger charge is -2.06. The Labute approximate surface area is 150 Å². The van der Waals surface area contributed by atoms with Gasteiger partial charge in [-0.2, -0.15) is 0 Å². The zero-order chi connectivity index (χ0) is 18.0. The standard InChI is InChI=1S/C16H13ClN2O5S/c1-2-23-15(22)12-7-18-16(25-12)19-13(20)10-6-8-5-9(17)3-4-11(8)24-14(10)21/h3-7,15,22H,2H2,1H3,(H,18,19,20). The summed E-state index contributed by atoms with van der Waals surface area (Å²) in [6, 6.07) is 6.15. The van der Waals surface area contributed by atoms with Crippen LogP contribution in [-0.4, -0.2) is 22.6 Å². The van der Waals surface area contributed by atoms with Crippen molar-refractivity contribution in [1.82, 2.24) is 4.98 Å². The Kier molecular flexibility index (Phi) is 5.14. The zero-order valence-electron chi connectivity index (χ0n) is 13.0. The van der Waals surface area contributed by atoms with E-state index in [2.05, 4.69) is 10.3 Å². The van der Waals surface area contributed by atoms with Gasteiger partial charge in [0.2, 0.25) is 0 Å². The minimum atomic E-state index is -1.11. The van der Waals surface area contributed by atoms with E-state index in [9.17, 15) is 14.7 Å². The summed E-state index contributed by atoms with van der Waals surface area (Å²) in [6.07, 6.45) is 0.282. The number of aromatic nitrogens is 1. The molecule has 1 unspecified atom stereocenters. The third kappa shape index (κ3) is 3.88. The Bertz CT molecular complexity index is 984. The maximum absolute atomic E-state index is 12.3. The lowest BCUT2D eigenvalue weighted by molar-refractivity contribution is -0.0956. The van der Waals surface area contributed by atoms with Gasteiger partial charge < -0.3 is 14.3 Å². The second-order valence-electron chi connectivity index (χ2n) is 4.96.